The first kappa shape index (κ1) is 19.0. The molecule has 2 aromatic carbocycles. The highest BCUT2D eigenvalue weighted by Crippen LogP contribution is 2.45. The molecular weight excluding hydrogens is 400 g/mol. The van der Waals surface area contributed by atoms with Gasteiger partial charge in [0.15, 0.2) is 0 Å². The van der Waals surface area contributed by atoms with Crippen molar-refractivity contribution in [2.75, 3.05) is 12.3 Å². The molecule has 2 bridgehead atoms. The standard InChI is InChI=1S/C26H24N4O2/c27-25-28-13-17(14-29-25)16-11-18-9-10-19(12-16)30(18)26(31)32-15-24-22-7-3-1-5-20(22)21-6-2-4-8-23(21)24/h1-8,11,13-14,18-19,24H,9-10,12,15H2,(H2,27,28,29). The number of nitrogens with two attached hydrogens (primary N) is 1. The molecule has 2 N–H and O–H groups in total. The lowest BCUT2D eigenvalue weighted by Crippen LogP contribution is -2.43. The van der Waals surface area contributed by atoms with E-state index in [1.807, 2.05) is 4.90 Å². The Kier molecular flexibility index (Phi) is 4.45. The van der Waals surface area contributed by atoms with E-state index in [2.05, 4.69) is 64.6 Å². The predicted molar refractivity (Wildman–Crippen MR) is 123 cm³/mol. The highest BCUT2D eigenvalue weighted by Gasteiger charge is 2.41. The number of fused-ring (bicyclic) bond motifs is 5. The van der Waals surface area contributed by atoms with Crippen LogP contribution in [0.15, 0.2) is 67.0 Å². The van der Waals surface area contributed by atoms with Gasteiger partial charge in [0.2, 0.25) is 5.95 Å². The molecular formula is C26H24N4O2. The van der Waals surface area contributed by atoms with Crippen molar-refractivity contribution >= 4 is 17.6 Å². The van der Waals surface area contributed by atoms with Crippen molar-refractivity contribution in [3.63, 3.8) is 0 Å². The van der Waals surface area contributed by atoms with E-state index in [1.165, 1.54) is 27.8 Å². The first-order valence-corrected chi connectivity index (χ1v) is 11.1. The van der Waals surface area contributed by atoms with Gasteiger partial charge in [0.25, 0.3) is 0 Å². The number of amides is 1. The SMILES string of the molecule is Nc1ncc(C2=CC3CCC(C2)N3C(=O)OCC2c3ccccc3-c3ccccc32)cn1. The van der Waals surface area contributed by atoms with Gasteiger partial charge in [0, 0.05) is 29.9 Å². The third-order valence-electron chi connectivity index (χ3n) is 6.98. The Morgan fingerprint density at radius 1 is 1.00 bits per heavy atom. The fraction of sp³-hybridized carbons (Fsp3) is 0.269. The third-order valence-corrected chi connectivity index (χ3v) is 6.98. The first-order valence-electron chi connectivity index (χ1n) is 11.1. The number of carbonyl (C=O) groups is 1. The zero-order valence-corrected chi connectivity index (χ0v) is 17.6. The molecule has 32 heavy (non-hydrogen) atoms. The molecule has 3 heterocycles. The molecule has 160 valence electrons. The van der Waals surface area contributed by atoms with Crippen LogP contribution in [-0.2, 0) is 4.74 Å². The number of carbonyl (C=O) groups excluding carboxylic acids is 1. The van der Waals surface area contributed by atoms with E-state index in [4.69, 9.17) is 10.5 Å². The molecule has 6 rings (SSSR count). The number of anilines is 1. The molecule has 0 saturated carbocycles. The Morgan fingerprint density at radius 3 is 2.31 bits per heavy atom. The summed E-state index contributed by atoms with van der Waals surface area (Å²) in [6, 6.07) is 17.0. The predicted octanol–water partition coefficient (Wildman–Crippen LogP) is 4.63. The van der Waals surface area contributed by atoms with Gasteiger partial charge >= 0.3 is 6.09 Å². The second kappa shape index (κ2) is 7.48. The van der Waals surface area contributed by atoms with E-state index in [0.29, 0.717) is 6.61 Å². The largest absolute Gasteiger partial charge is 0.448 e. The Morgan fingerprint density at radius 2 is 1.66 bits per heavy atom. The maximum absolute atomic E-state index is 13.2. The highest BCUT2D eigenvalue weighted by molar-refractivity contribution is 5.79. The average molecular weight is 425 g/mol. The number of benzene rings is 2. The molecule has 2 atom stereocenters. The fourth-order valence-electron chi connectivity index (χ4n) is 5.50. The second-order valence-electron chi connectivity index (χ2n) is 8.74. The molecule has 3 aliphatic rings. The van der Waals surface area contributed by atoms with Crippen LogP contribution in [0.2, 0.25) is 0 Å². The number of hydrogen-bond acceptors (Lipinski definition) is 5. The Labute approximate surface area is 186 Å². The maximum Gasteiger partial charge on any atom is 0.410 e. The van der Waals surface area contributed by atoms with Gasteiger partial charge in [-0.25, -0.2) is 14.8 Å². The highest BCUT2D eigenvalue weighted by atomic mass is 16.6. The Hall–Kier alpha value is -3.67. The summed E-state index contributed by atoms with van der Waals surface area (Å²) in [6.07, 6.45) is 8.18. The van der Waals surface area contributed by atoms with E-state index in [1.54, 1.807) is 12.4 Å². The van der Waals surface area contributed by atoms with Gasteiger partial charge in [0.05, 0.1) is 6.04 Å². The summed E-state index contributed by atoms with van der Waals surface area (Å²) in [7, 11) is 0. The van der Waals surface area contributed by atoms with Crippen LogP contribution in [0.25, 0.3) is 16.7 Å². The molecule has 0 spiro atoms. The molecule has 1 saturated heterocycles. The summed E-state index contributed by atoms with van der Waals surface area (Å²) in [5, 5.41) is 0. The number of nitrogens with zero attached hydrogens (tertiary/aromatic N) is 3. The van der Waals surface area contributed by atoms with Crippen LogP contribution in [0.4, 0.5) is 10.7 Å². The molecule has 1 fully saturated rings. The minimum absolute atomic E-state index is 0.0527. The van der Waals surface area contributed by atoms with E-state index in [-0.39, 0.29) is 30.0 Å². The second-order valence-corrected chi connectivity index (χ2v) is 8.74. The summed E-state index contributed by atoms with van der Waals surface area (Å²) in [5.74, 6) is 0.347. The number of ether oxygens (including phenoxy) is 1. The Balaban J connectivity index is 1.20. The lowest BCUT2D eigenvalue weighted by Gasteiger charge is -2.33. The number of rotatable bonds is 3. The summed E-state index contributed by atoms with van der Waals surface area (Å²) < 4.78 is 5.93. The van der Waals surface area contributed by atoms with Crippen LogP contribution in [0.3, 0.4) is 0 Å². The first-order chi connectivity index (χ1) is 15.7. The van der Waals surface area contributed by atoms with Crippen LogP contribution in [0.1, 0.15) is 41.9 Å². The fourth-order valence-corrected chi connectivity index (χ4v) is 5.50. The van der Waals surface area contributed by atoms with Crippen LogP contribution >= 0.6 is 0 Å². The zero-order valence-electron chi connectivity index (χ0n) is 17.6. The molecule has 2 unspecified atom stereocenters. The molecule has 6 heteroatoms. The van der Waals surface area contributed by atoms with Gasteiger partial charge in [-0.05, 0) is 47.1 Å². The molecule has 1 aliphatic carbocycles. The van der Waals surface area contributed by atoms with Crippen molar-refractivity contribution in [2.24, 2.45) is 0 Å². The van der Waals surface area contributed by atoms with Crippen molar-refractivity contribution in [3.8, 4) is 11.1 Å². The maximum atomic E-state index is 13.2. The summed E-state index contributed by atoms with van der Waals surface area (Å²) in [6.45, 7) is 0.352. The van der Waals surface area contributed by atoms with Gasteiger partial charge in [0.1, 0.15) is 6.61 Å². The molecule has 1 amide bonds. The smallest absolute Gasteiger partial charge is 0.410 e. The van der Waals surface area contributed by atoms with Crippen molar-refractivity contribution in [3.05, 3.63) is 83.7 Å². The molecule has 3 aromatic rings. The molecule has 6 nitrogen and oxygen atoms in total. The van der Waals surface area contributed by atoms with Gasteiger partial charge in [-0.2, -0.15) is 0 Å². The van der Waals surface area contributed by atoms with E-state index >= 15 is 0 Å². The van der Waals surface area contributed by atoms with Crippen LogP contribution in [0, 0.1) is 0 Å². The van der Waals surface area contributed by atoms with E-state index in [0.717, 1.165) is 24.8 Å². The normalized spacial score (nSPS) is 21.1. The molecule has 2 aliphatic heterocycles. The summed E-state index contributed by atoms with van der Waals surface area (Å²) >= 11 is 0. The minimum atomic E-state index is -0.219. The molecule has 1 aromatic heterocycles. The lowest BCUT2D eigenvalue weighted by molar-refractivity contribution is 0.0866. The number of hydrogen-bond donors (Lipinski definition) is 1. The quantitative estimate of drug-likeness (QED) is 0.663. The molecule has 0 radical (unpaired) electrons. The van der Waals surface area contributed by atoms with Crippen molar-refractivity contribution in [1.29, 1.82) is 0 Å². The van der Waals surface area contributed by atoms with Gasteiger partial charge in [-0.1, -0.05) is 54.6 Å². The monoisotopic (exact) mass is 424 g/mol. The average Bonchev–Trinajstić information content (AvgIpc) is 3.29. The van der Waals surface area contributed by atoms with Crippen LogP contribution in [0.5, 0.6) is 0 Å². The van der Waals surface area contributed by atoms with Gasteiger partial charge in [-0.15, -0.1) is 0 Å². The number of aromatic nitrogens is 2. The third kappa shape index (κ3) is 3.06. The van der Waals surface area contributed by atoms with Crippen LogP contribution < -0.4 is 5.73 Å². The topological polar surface area (TPSA) is 81.3 Å². The number of nitrogen functional groups attached to an aromatic ring is 1. The van der Waals surface area contributed by atoms with Gasteiger partial charge < -0.3 is 10.5 Å². The van der Waals surface area contributed by atoms with E-state index < -0.39 is 0 Å². The summed E-state index contributed by atoms with van der Waals surface area (Å²) in [5.41, 5.74) is 12.7. The minimum Gasteiger partial charge on any atom is -0.448 e. The van der Waals surface area contributed by atoms with E-state index in [9.17, 15) is 4.79 Å². The summed E-state index contributed by atoms with van der Waals surface area (Å²) in [4.78, 5) is 23.3. The Bertz CT molecular complexity index is 1180. The van der Waals surface area contributed by atoms with Crippen molar-refractivity contribution in [2.45, 2.75) is 37.3 Å². The van der Waals surface area contributed by atoms with Crippen molar-refractivity contribution in [1.82, 2.24) is 14.9 Å². The van der Waals surface area contributed by atoms with Gasteiger partial charge in [-0.3, -0.25) is 4.90 Å². The lowest BCUT2D eigenvalue weighted by atomic mass is 9.97. The van der Waals surface area contributed by atoms with Crippen molar-refractivity contribution < 1.29 is 9.53 Å². The zero-order chi connectivity index (χ0) is 21.7. The van der Waals surface area contributed by atoms with Crippen LogP contribution in [-0.4, -0.2) is 39.7 Å².